The van der Waals surface area contributed by atoms with Crippen LogP contribution < -0.4 is 15.0 Å². The third-order valence-electron chi connectivity index (χ3n) is 7.01. The van der Waals surface area contributed by atoms with Crippen molar-refractivity contribution in [2.45, 2.75) is 39.7 Å². The minimum atomic E-state index is -0.615. The van der Waals surface area contributed by atoms with Gasteiger partial charge in [0.2, 0.25) is 11.8 Å². The van der Waals surface area contributed by atoms with Crippen LogP contribution in [-0.4, -0.2) is 41.2 Å². The highest BCUT2D eigenvalue weighted by molar-refractivity contribution is 14.1. The van der Waals surface area contributed by atoms with Gasteiger partial charge in [-0.3, -0.25) is 4.79 Å². The molecule has 5 nitrogen and oxygen atoms in total. The second-order valence-electron chi connectivity index (χ2n) is 8.86. The van der Waals surface area contributed by atoms with Crippen molar-refractivity contribution in [3.8, 4) is 5.88 Å². The smallest absolute Gasteiger partial charge is 0.226 e. The van der Waals surface area contributed by atoms with E-state index in [1.165, 1.54) is 12.1 Å². The molecular weight excluding hydrogens is 552 g/mol. The first kappa shape index (κ1) is 26.1. The molecule has 0 aliphatic carbocycles. The molecular formula is C25H33FIN3O2S. The fraction of sp³-hybridized carbons (Fsp3) is 0.520. The molecule has 3 heterocycles. The predicted octanol–water partition coefficient (Wildman–Crippen LogP) is 5.70. The standard InChI is InChI=1S/C24H30FN3O2S.CH3I/c1-16-11-21(28-9-4-10-28)12-22(27-16)30-14-18-5-7-19(8-6-18)17(2)24(3)20(15-31-25)13-26-23(24)29;1-2/h5-8,11-12,17,20H,4,9-10,13-15H2,1-3H3,(H,26,29);1H3/t17?,20-,24-;/m1./s1. The average molecular weight is 586 g/mol. The van der Waals surface area contributed by atoms with Crippen LogP contribution in [0.2, 0.25) is 0 Å². The van der Waals surface area contributed by atoms with Gasteiger partial charge in [-0.1, -0.05) is 53.8 Å². The van der Waals surface area contributed by atoms with Crippen LogP contribution in [0.15, 0.2) is 36.4 Å². The Morgan fingerprint density at radius 1 is 1.30 bits per heavy atom. The number of carbonyl (C=O) groups excluding carboxylic acids is 1. The predicted molar refractivity (Wildman–Crippen MR) is 143 cm³/mol. The van der Waals surface area contributed by atoms with E-state index >= 15 is 0 Å². The molecule has 180 valence electrons. The molecule has 0 spiro atoms. The number of aryl methyl sites for hydroxylation is 1. The number of halogens is 2. The highest BCUT2D eigenvalue weighted by atomic mass is 127. The molecule has 0 radical (unpaired) electrons. The van der Waals surface area contributed by atoms with Crippen molar-refractivity contribution in [3.05, 3.63) is 53.2 Å². The van der Waals surface area contributed by atoms with Crippen LogP contribution in [0.3, 0.4) is 0 Å². The van der Waals surface area contributed by atoms with E-state index in [0.29, 0.717) is 36.9 Å². The van der Waals surface area contributed by atoms with Crippen LogP contribution in [0.25, 0.3) is 0 Å². The number of nitrogens with zero attached hydrogens (tertiary/aromatic N) is 2. The van der Waals surface area contributed by atoms with E-state index in [1.54, 1.807) is 0 Å². The lowest BCUT2D eigenvalue weighted by Crippen LogP contribution is -2.37. The number of carbonyl (C=O) groups is 1. The number of benzene rings is 1. The van der Waals surface area contributed by atoms with Gasteiger partial charge in [0.05, 0.1) is 5.41 Å². The molecule has 1 aromatic heterocycles. The lowest BCUT2D eigenvalue weighted by Gasteiger charge is -2.34. The Hall–Kier alpha value is -1.55. The van der Waals surface area contributed by atoms with E-state index in [2.05, 4.69) is 62.9 Å². The number of ether oxygens (including phenoxy) is 1. The third kappa shape index (κ3) is 5.75. The zero-order chi connectivity index (χ0) is 24.0. The molecule has 2 fully saturated rings. The van der Waals surface area contributed by atoms with Crippen molar-refractivity contribution in [3.63, 3.8) is 0 Å². The van der Waals surface area contributed by atoms with Gasteiger partial charge in [0.25, 0.3) is 0 Å². The molecule has 0 bridgehead atoms. The van der Waals surface area contributed by atoms with Gasteiger partial charge in [0, 0.05) is 60.9 Å². The molecule has 2 aliphatic rings. The largest absolute Gasteiger partial charge is 0.473 e. The maximum Gasteiger partial charge on any atom is 0.226 e. The average Bonchev–Trinajstić information content (AvgIpc) is 3.07. The zero-order valence-corrected chi connectivity index (χ0v) is 22.7. The van der Waals surface area contributed by atoms with Gasteiger partial charge in [-0.2, -0.15) is 3.89 Å². The summed E-state index contributed by atoms with van der Waals surface area (Å²) in [6.45, 7) is 9.14. The van der Waals surface area contributed by atoms with Crippen molar-refractivity contribution in [1.29, 1.82) is 0 Å². The Bertz CT molecular complexity index is 942. The number of anilines is 1. The number of rotatable bonds is 8. The lowest BCUT2D eigenvalue weighted by atomic mass is 9.68. The van der Waals surface area contributed by atoms with Crippen molar-refractivity contribution in [2.75, 3.05) is 35.2 Å². The second kappa shape index (κ2) is 11.7. The Morgan fingerprint density at radius 2 is 2.00 bits per heavy atom. The van der Waals surface area contributed by atoms with Crippen LogP contribution in [0, 0.1) is 18.3 Å². The maximum absolute atomic E-state index is 12.9. The summed E-state index contributed by atoms with van der Waals surface area (Å²) in [5.41, 5.74) is 3.62. The molecule has 4 rings (SSSR count). The molecule has 0 saturated carbocycles. The highest BCUT2D eigenvalue weighted by Gasteiger charge is 2.50. The number of amides is 1. The molecule has 1 unspecified atom stereocenters. The SMILES string of the molecule is CI.Cc1cc(N2CCC2)cc(OCc2ccc(C(C)[C@@]3(C)C(=O)NC[C@@H]3CSF)cc2)n1. The van der Waals surface area contributed by atoms with Gasteiger partial charge in [0.15, 0.2) is 0 Å². The number of pyridine rings is 1. The molecule has 33 heavy (non-hydrogen) atoms. The summed E-state index contributed by atoms with van der Waals surface area (Å²) < 4.78 is 18.9. The number of hydrogen-bond donors (Lipinski definition) is 1. The number of alkyl halides is 1. The van der Waals surface area contributed by atoms with E-state index in [-0.39, 0.29) is 17.7 Å². The minimum Gasteiger partial charge on any atom is -0.473 e. The first-order valence-corrected chi connectivity index (χ1v) is 14.3. The summed E-state index contributed by atoms with van der Waals surface area (Å²) in [6, 6.07) is 12.3. The van der Waals surface area contributed by atoms with Gasteiger partial charge in [0.1, 0.15) is 6.61 Å². The molecule has 8 heteroatoms. The molecule has 2 aliphatic heterocycles. The van der Waals surface area contributed by atoms with E-state index in [1.807, 2.05) is 37.0 Å². The Kier molecular flexibility index (Phi) is 9.26. The summed E-state index contributed by atoms with van der Waals surface area (Å²) in [7, 11) is 0. The molecule has 2 aromatic rings. The third-order valence-corrected chi connectivity index (χ3v) is 7.54. The second-order valence-corrected chi connectivity index (χ2v) is 9.41. The fourth-order valence-electron chi connectivity index (χ4n) is 4.52. The zero-order valence-electron chi connectivity index (χ0n) is 19.7. The maximum atomic E-state index is 12.9. The summed E-state index contributed by atoms with van der Waals surface area (Å²) in [5, 5.41) is 2.92. The lowest BCUT2D eigenvalue weighted by molar-refractivity contribution is -0.128. The van der Waals surface area contributed by atoms with Crippen LogP contribution in [-0.2, 0) is 11.4 Å². The highest BCUT2D eigenvalue weighted by Crippen LogP contribution is 2.46. The Balaban J connectivity index is 0.00000149. The summed E-state index contributed by atoms with van der Waals surface area (Å²) in [6.07, 6.45) is 1.23. The quantitative estimate of drug-likeness (QED) is 0.318. The summed E-state index contributed by atoms with van der Waals surface area (Å²) >= 11 is 2.46. The van der Waals surface area contributed by atoms with Gasteiger partial charge >= 0.3 is 0 Å². The van der Waals surface area contributed by atoms with Gasteiger partial charge in [-0.05, 0) is 48.3 Å². The molecule has 2 saturated heterocycles. The number of nitrogens with one attached hydrogen (secondary N) is 1. The Labute approximate surface area is 214 Å². The monoisotopic (exact) mass is 585 g/mol. The van der Waals surface area contributed by atoms with Crippen LogP contribution in [0.5, 0.6) is 5.88 Å². The van der Waals surface area contributed by atoms with E-state index in [0.717, 1.165) is 29.9 Å². The first-order chi connectivity index (χ1) is 15.9. The summed E-state index contributed by atoms with van der Waals surface area (Å²) in [4.78, 5) is 21.4. The minimum absolute atomic E-state index is 0.00925. The fourth-order valence-corrected chi connectivity index (χ4v) is 5.14. The van der Waals surface area contributed by atoms with Crippen molar-refractivity contribution < 1.29 is 13.4 Å². The van der Waals surface area contributed by atoms with Crippen molar-refractivity contribution >= 4 is 46.3 Å². The molecule has 1 amide bonds. The molecule has 3 atom stereocenters. The normalized spacial score (nSPS) is 22.7. The van der Waals surface area contributed by atoms with Crippen molar-refractivity contribution in [1.82, 2.24) is 10.3 Å². The number of aromatic nitrogens is 1. The van der Waals surface area contributed by atoms with Gasteiger partial charge in [-0.15, -0.1) is 0 Å². The molecule has 1 N–H and O–H groups in total. The Morgan fingerprint density at radius 3 is 2.61 bits per heavy atom. The van der Waals surface area contributed by atoms with Crippen LogP contribution in [0.1, 0.15) is 43.0 Å². The van der Waals surface area contributed by atoms with Crippen LogP contribution in [0.4, 0.5) is 9.57 Å². The van der Waals surface area contributed by atoms with Gasteiger partial charge in [-0.25, -0.2) is 4.98 Å². The first-order valence-electron chi connectivity index (χ1n) is 11.3. The van der Waals surface area contributed by atoms with Crippen molar-refractivity contribution in [2.24, 2.45) is 11.3 Å². The topological polar surface area (TPSA) is 54.5 Å². The number of hydrogen-bond acceptors (Lipinski definition) is 5. The van der Waals surface area contributed by atoms with E-state index < -0.39 is 5.41 Å². The van der Waals surface area contributed by atoms with Gasteiger partial charge < -0.3 is 15.0 Å². The van der Waals surface area contributed by atoms with Crippen LogP contribution >= 0.6 is 34.7 Å². The van der Waals surface area contributed by atoms with E-state index in [4.69, 9.17) is 4.74 Å². The summed E-state index contributed by atoms with van der Waals surface area (Å²) in [5.74, 6) is 0.936. The van der Waals surface area contributed by atoms with E-state index in [9.17, 15) is 8.68 Å². The molecule has 1 aromatic carbocycles.